The van der Waals surface area contributed by atoms with Gasteiger partial charge in [0, 0.05) is 17.6 Å². The number of nitrogens with two attached hydrogens (primary N) is 1. The molecule has 3 rings (SSSR count). The van der Waals surface area contributed by atoms with Gasteiger partial charge in [0.15, 0.2) is 0 Å². The van der Waals surface area contributed by atoms with E-state index < -0.39 is 6.09 Å². The highest BCUT2D eigenvalue weighted by atomic mass is 16.4. The van der Waals surface area contributed by atoms with E-state index in [4.69, 9.17) is 10.8 Å². The lowest BCUT2D eigenvalue weighted by Gasteiger charge is -2.05. The third-order valence-corrected chi connectivity index (χ3v) is 3.66. The standard InChI is InChI=1S/C16H16N2O2/c17-13-3-1-2-12(8-13)10-4-6-11(7-5-10)14-9-15(14)18-16(19)20/h1-8,14-15,18H,9,17H2,(H,19,20). The molecule has 0 radical (unpaired) electrons. The lowest BCUT2D eigenvalue weighted by Crippen LogP contribution is -2.24. The van der Waals surface area contributed by atoms with E-state index in [1.54, 1.807) is 0 Å². The van der Waals surface area contributed by atoms with Gasteiger partial charge in [0.2, 0.25) is 0 Å². The van der Waals surface area contributed by atoms with Crippen LogP contribution in [0.2, 0.25) is 0 Å². The summed E-state index contributed by atoms with van der Waals surface area (Å²) >= 11 is 0. The molecule has 0 bridgehead atoms. The minimum atomic E-state index is -0.950. The van der Waals surface area contributed by atoms with E-state index in [9.17, 15) is 4.79 Å². The molecule has 1 fully saturated rings. The van der Waals surface area contributed by atoms with Crippen LogP contribution in [0.3, 0.4) is 0 Å². The predicted molar refractivity (Wildman–Crippen MR) is 78.6 cm³/mol. The monoisotopic (exact) mass is 268 g/mol. The number of anilines is 1. The van der Waals surface area contributed by atoms with E-state index in [-0.39, 0.29) is 6.04 Å². The number of amides is 1. The molecule has 4 heteroatoms. The smallest absolute Gasteiger partial charge is 0.404 e. The SMILES string of the molecule is Nc1cccc(-c2ccc(C3CC3NC(=O)O)cc2)c1. The van der Waals surface area contributed by atoms with Gasteiger partial charge < -0.3 is 16.2 Å². The van der Waals surface area contributed by atoms with Gasteiger partial charge in [-0.25, -0.2) is 4.79 Å². The maximum atomic E-state index is 10.6. The van der Waals surface area contributed by atoms with Crippen LogP contribution < -0.4 is 11.1 Å². The zero-order chi connectivity index (χ0) is 14.1. The highest BCUT2D eigenvalue weighted by Crippen LogP contribution is 2.41. The normalized spacial score (nSPS) is 20.4. The van der Waals surface area contributed by atoms with Crippen LogP contribution in [-0.2, 0) is 0 Å². The maximum Gasteiger partial charge on any atom is 0.404 e. The largest absolute Gasteiger partial charge is 0.465 e. The first-order valence-corrected chi connectivity index (χ1v) is 6.59. The van der Waals surface area contributed by atoms with E-state index in [0.29, 0.717) is 5.92 Å². The van der Waals surface area contributed by atoms with Gasteiger partial charge in [-0.1, -0.05) is 36.4 Å². The number of rotatable bonds is 3. The molecular formula is C16H16N2O2. The van der Waals surface area contributed by atoms with E-state index in [0.717, 1.165) is 23.2 Å². The second kappa shape index (κ2) is 4.89. The van der Waals surface area contributed by atoms with Gasteiger partial charge in [0.25, 0.3) is 0 Å². The number of nitrogens with one attached hydrogen (secondary N) is 1. The van der Waals surface area contributed by atoms with Gasteiger partial charge in [-0.3, -0.25) is 0 Å². The van der Waals surface area contributed by atoms with Crippen LogP contribution >= 0.6 is 0 Å². The molecule has 4 nitrogen and oxygen atoms in total. The molecule has 4 N–H and O–H groups in total. The summed E-state index contributed by atoms with van der Waals surface area (Å²) in [6.45, 7) is 0. The number of benzene rings is 2. The van der Waals surface area contributed by atoms with Gasteiger partial charge in [-0.15, -0.1) is 0 Å². The predicted octanol–water partition coefficient (Wildman–Crippen LogP) is 3.06. The van der Waals surface area contributed by atoms with Crippen molar-refractivity contribution in [3.63, 3.8) is 0 Å². The van der Waals surface area contributed by atoms with Crippen molar-refractivity contribution in [2.45, 2.75) is 18.4 Å². The zero-order valence-electron chi connectivity index (χ0n) is 10.9. The maximum absolute atomic E-state index is 10.6. The molecule has 2 aromatic rings. The lowest BCUT2D eigenvalue weighted by molar-refractivity contribution is 0.193. The summed E-state index contributed by atoms with van der Waals surface area (Å²) in [5.74, 6) is 0.306. The zero-order valence-corrected chi connectivity index (χ0v) is 10.9. The topological polar surface area (TPSA) is 75.3 Å². The minimum Gasteiger partial charge on any atom is -0.465 e. The Morgan fingerprint density at radius 2 is 1.90 bits per heavy atom. The summed E-state index contributed by atoms with van der Waals surface area (Å²) < 4.78 is 0. The molecule has 0 heterocycles. The Kier molecular flexibility index (Phi) is 3.06. The molecule has 1 saturated carbocycles. The molecule has 0 aliphatic heterocycles. The molecule has 20 heavy (non-hydrogen) atoms. The van der Waals surface area contributed by atoms with Crippen molar-refractivity contribution in [2.24, 2.45) is 0 Å². The first kappa shape index (κ1) is 12.5. The molecule has 2 atom stereocenters. The second-order valence-corrected chi connectivity index (χ2v) is 5.15. The van der Waals surface area contributed by atoms with Gasteiger partial charge >= 0.3 is 6.09 Å². The average Bonchev–Trinajstić information content (AvgIpc) is 3.17. The number of carboxylic acid groups (broad SMARTS) is 1. The second-order valence-electron chi connectivity index (χ2n) is 5.15. The van der Waals surface area contributed by atoms with Crippen LogP contribution in [0.25, 0.3) is 11.1 Å². The average molecular weight is 268 g/mol. The number of carbonyl (C=O) groups is 1. The Morgan fingerprint density at radius 1 is 1.15 bits per heavy atom. The third-order valence-electron chi connectivity index (χ3n) is 3.66. The van der Waals surface area contributed by atoms with Crippen molar-refractivity contribution in [1.29, 1.82) is 0 Å². The van der Waals surface area contributed by atoms with Gasteiger partial charge in [-0.05, 0) is 35.2 Å². The van der Waals surface area contributed by atoms with Crippen molar-refractivity contribution in [1.82, 2.24) is 5.32 Å². The molecule has 1 aliphatic rings. The van der Waals surface area contributed by atoms with Crippen molar-refractivity contribution >= 4 is 11.8 Å². The lowest BCUT2D eigenvalue weighted by atomic mass is 10.0. The van der Waals surface area contributed by atoms with Crippen molar-refractivity contribution in [3.8, 4) is 11.1 Å². The Bertz CT molecular complexity index is 637. The number of hydrogen-bond acceptors (Lipinski definition) is 2. The molecular weight excluding hydrogens is 252 g/mol. The molecule has 0 spiro atoms. The molecule has 102 valence electrons. The summed E-state index contributed by atoms with van der Waals surface area (Å²) in [7, 11) is 0. The first-order valence-electron chi connectivity index (χ1n) is 6.59. The Labute approximate surface area is 117 Å². The van der Waals surface area contributed by atoms with E-state index in [2.05, 4.69) is 29.6 Å². The van der Waals surface area contributed by atoms with E-state index in [1.807, 2.05) is 24.3 Å². The summed E-state index contributed by atoms with van der Waals surface area (Å²) in [5, 5.41) is 11.2. The summed E-state index contributed by atoms with van der Waals surface area (Å²) in [4.78, 5) is 10.6. The number of hydrogen-bond donors (Lipinski definition) is 3. The van der Waals surface area contributed by atoms with Gasteiger partial charge in [-0.2, -0.15) is 0 Å². The Hall–Kier alpha value is -2.49. The molecule has 2 aromatic carbocycles. The number of nitrogen functional groups attached to an aromatic ring is 1. The van der Waals surface area contributed by atoms with Crippen LogP contribution in [-0.4, -0.2) is 17.2 Å². The molecule has 1 aliphatic carbocycles. The van der Waals surface area contributed by atoms with E-state index >= 15 is 0 Å². The van der Waals surface area contributed by atoms with Crippen molar-refractivity contribution < 1.29 is 9.90 Å². The summed E-state index contributed by atoms with van der Waals surface area (Å²) in [5.41, 5.74) is 9.92. The van der Waals surface area contributed by atoms with Crippen molar-refractivity contribution in [2.75, 3.05) is 5.73 Å². The van der Waals surface area contributed by atoms with Crippen LogP contribution in [0.5, 0.6) is 0 Å². The Morgan fingerprint density at radius 3 is 2.55 bits per heavy atom. The van der Waals surface area contributed by atoms with Crippen LogP contribution in [0.1, 0.15) is 17.9 Å². The fraction of sp³-hybridized carbons (Fsp3) is 0.188. The van der Waals surface area contributed by atoms with Crippen LogP contribution in [0.15, 0.2) is 48.5 Å². The van der Waals surface area contributed by atoms with Crippen LogP contribution in [0.4, 0.5) is 10.5 Å². The summed E-state index contributed by atoms with van der Waals surface area (Å²) in [6, 6.07) is 16.1. The minimum absolute atomic E-state index is 0.0609. The molecule has 0 aromatic heterocycles. The molecule has 0 saturated heterocycles. The third kappa shape index (κ3) is 2.59. The fourth-order valence-corrected chi connectivity index (χ4v) is 2.52. The molecule has 2 unspecified atom stereocenters. The fourth-order valence-electron chi connectivity index (χ4n) is 2.52. The summed E-state index contributed by atoms with van der Waals surface area (Å²) in [6.07, 6.45) is -0.0712. The van der Waals surface area contributed by atoms with Gasteiger partial charge in [0.1, 0.15) is 0 Å². The van der Waals surface area contributed by atoms with E-state index in [1.165, 1.54) is 5.56 Å². The van der Waals surface area contributed by atoms with Crippen molar-refractivity contribution in [3.05, 3.63) is 54.1 Å². The van der Waals surface area contributed by atoms with Gasteiger partial charge in [0.05, 0.1) is 0 Å². The quantitative estimate of drug-likeness (QED) is 0.749. The first-order chi connectivity index (χ1) is 9.63. The van der Waals surface area contributed by atoms with Crippen LogP contribution in [0, 0.1) is 0 Å². The molecule has 1 amide bonds. The Balaban J connectivity index is 1.74. The highest BCUT2D eigenvalue weighted by Gasteiger charge is 2.39. The highest BCUT2D eigenvalue weighted by molar-refractivity contribution is 5.68.